The maximum Gasteiger partial charge on any atom is 0.326 e. The molecule has 0 fully saturated rings. The van der Waals surface area contributed by atoms with Crippen molar-refractivity contribution in [1.82, 2.24) is 4.72 Å². The van der Waals surface area contributed by atoms with Crippen molar-refractivity contribution in [2.75, 3.05) is 5.73 Å². The molecule has 7 N–H and O–H groups in total. The van der Waals surface area contributed by atoms with E-state index in [2.05, 4.69) is 0 Å². The van der Waals surface area contributed by atoms with Crippen molar-refractivity contribution in [3.05, 3.63) is 24.3 Å². The Hall–Kier alpha value is -1.80. The molecule has 1 aromatic rings. The second-order valence-electron chi connectivity index (χ2n) is 2.54. The number of anilines is 1. The second kappa shape index (κ2) is 4.62. The predicted octanol–water partition coefficient (Wildman–Crippen LogP) is -1.20. The Bertz CT molecular complexity index is 440. The number of hydrogen-bond donors (Lipinski definition) is 3. The van der Waals surface area contributed by atoms with E-state index < -0.39 is 16.1 Å². The largest absolute Gasteiger partial charge is 0.412 e. The van der Waals surface area contributed by atoms with Gasteiger partial charge >= 0.3 is 6.03 Å². The number of nitrogen functional groups attached to an aromatic ring is 1. The highest BCUT2D eigenvalue weighted by Crippen LogP contribution is 2.10. The summed E-state index contributed by atoms with van der Waals surface area (Å²) in [6.07, 6.45) is 0. The Morgan fingerprint density at radius 2 is 1.67 bits per heavy atom. The van der Waals surface area contributed by atoms with E-state index >= 15 is 0 Å². The number of amides is 2. The molecule has 0 saturated heterocycles. The van der Waals surface area contributed by atoms with Gasteiger partial charge in [-0.05, 0) is 24.3 Å². The fraction of sp³-hybridized carbons (Fsp3) is 0. The maximum atomic E-state index is 11.3. The van der Waals surface area contributed by atoms with E-state index in [4.69, 9.17) is 11.5 Å². The number of urea groups is 1. The normalized spacial score (nSPS) is 10.1. The monoisotopic (exact) mass is 233 g/mol. The highest BCUT2D eigenvalue weighted by atomic mass is 32.2. The van der Waals surface area contributed by atoms with Crippen LogP contribution in [0, 0.1) is 0 Å². The molecule has 0 aromatic heterocycles. The highest BCUT2D eigenvalue weighted by molar-refractivity contribution is 7.90. The second-order valence-corrected chi connectivity index (χ2v) is 4.22. The number of nitrogens with two attached hydrogens (primary N) is 2. The van der Waals surface area contributed by atoms with E-state index in [1.165, 1.54) is 24.3 Å². The van der Waals surface area contributed by atoms with Gasteiger partial charge in [0.05, 0.1) is 4.90 Å². The molecule has 0 atom stereocenters. The third-order valence-electron chi connectivity index (χ3n) is 1.43. The SMILES string of the molecule is NC(=O)NS(=O)(=O)c1ccc(N)cc1.O. The summed E-state index contributed by atoms with van der Waals surface area (Å²) in [5.41, 5.74) is 10.5. The van der Waals surface area contributed by atoms with Crippen LogP contribution in [-0.4, -0.2) is 19.9 Å². The summed E-state index contributed by atoms with van der Waals surface area (Å²) in [4.78, 5) is 10.3. The zero-order valence-corrected chi connectivity index (χ0v) is 8.41. The number of nitrogens with one attached hydrogen (secondary N) is 1. The lowest BCUT2D eigenvalue weighted by molar-refractivity contribution is 0.253. The van der Waals surface area contributed by atoms with Gasteiger partial charge in [-0.3, -0.25) is 0 Å². The Labute approximate surface area is 86.4 Å². The van der Waals surface area contributed by atoms with E-state index in [9.17, 15) is 13.2 Å². The number of sulfonamides is 1. The van der Waals surface area contributed by atoms with Gasteiger partial charge in [0, 0.05) is 5.69 Å². The van der Waals surface area contributed by atoms with Crippen LogP contribution in [0.4, 0.5) is 10.5 Å². The molecule has 0 saturated carbocycles. The third-order valence-corrected chi connectivity index (χ3v) is 2.79. The number of carbonyl (C=O) groups excluding carboxylic acids is 1. The van der Waals surface area contributed by atoms with Crippen LogP contribution in [0.15, 0.2) is 29.2 Å². The van der Waals surface area contributed by atoms with Crippen LogP contribution in [0.1, 0.15) is 0 Å². The van der Waals surface area contributed by atoms with Crippen molar-refractivity contribution in [2.24, 2.45) is 5.73 Å². The molecular weight excluding hydrogens is 222 g/mol. The molecule has 15 heavy (non-hydrogen) atoms. The first-order valence-corrected chi connectivity index (χ1v) is 5.08. The van der Waals surface area contributed by atoms with Gasteiger partial charge in [0.15, 0.2) is 0 Å². The first-order chi connectivity index (χ1) is 6.42. The summed E-state index contributed by atoms with van der Waals surface area (Å²) in [6.45, 7) is 0. The molecule has 84 valence electrons. The molecule has 8 heteroatoms. The number of benzene rings is 1. The lowest BCUT2D eigenvalue weighted by Crippen LogP contribution is -2.34. The standard InChI is InChI=1S/C7H9N3O3S.H2O/c8-5-1-3-6(4-2-5)14(12,13)10-7(9)11;/h1-4H,8H2,(H3,9,10,11);1H2. The van der Waals surface area contributed by atoms with Crippen molar-refractivity contribution in [1.29, 1.82) is 0 Å². The summed E-state index contributed by atoms with van der Waals surface area (Å²) in [5.74, 6) is 0. The predicted molar refractivity (Wildman–Crippen MR) is 54.4 cm³/mol. The summed E-state index contributed by atoms with van der Waals surface area (Å²) in [5, 5.41) is 0. The topological polar surface area (TPSA) is 147 Å². The Morgan fingerprint density at radius 3 is 2.07 bits per heavy atom. The zero-order valence-electron chi connectivity index (χ0n) is 7.60. The van der Waals surface area contributed by atoms with Gasteiger partial charge in [-0.2, -0.15) is 0 Å². The number of hydrogen-bond acceptors (Lipinski definition) is 4. The molecule has 7 nitrogen and oxygen atoms in total. The number of rotatable bonds is 2. The molecule has 2 amide bonds. The van der Waals surface area contributed by atoms with Crippen LogP contribution in [0.3, 0.4) is 0 Å². The smallest absolute Gasteiger partial charge is 0.326 e. The summed E-state index contributed by atoms with van der Waals surface area (Å²) < 4.78 is 24.2. The minimum absolute atomic E-state index is 0. The fourth-order valence-corrected chi connectivity index (χ4v) is 1.72. The first kappa shape index (κ1) is 13.2. The minimum atomic E-state index is -3.86. The highest BCUT2D eigenvalue weighted by Gasteiger charge is 2.14. The van der Waals surface area contributed by atoms with Crippen molar-refractivity contribution in [2.45, 2.75) is 4.90 Å². The van der Waals surface area contributed by atoms with Gasteiger partial charge in [0.2, 0.25) is 0 Å². The van der Waals surface area contributed by atoms with Gasteiger partial charge in [-0.1, -0.05) is 0 Å². The van der Waals surface area contributed by atoms with Crippen LogP contribution in [0.2, 0.25) is 0 Å². The first-order valence-electron chi connectivity index (χ1n) is 3.59. The third kappa shape index (κ3) is 3.44. The van der Waals surface area contributed by atoms with Gasteiger partial charge in [-0.25, -0.2) is 17.9 Å². The number of carbonyl (C=O) groups is 1. The minimum Gasteiger partial charge on any atom is -0.412 e. The molecule has 0 spiro atoms. The molecule has 0 heterocycles. The summed E-state index contributed by atoms with van der Waals surface area (Å²) in [6, 6.07) is 4.26. The number of primary amides is 1. The summed E-state index contributed by atoms with van der Waals surface area (Å²) >= 11 is 0. The van der Waals surface area contributed by atoms with Crippen LogP contribution in [0.5, 0.6) is 0 Å². The molecule has 0 aliphatic carbocycles. The molecule has 0 unspecified atom stereocenters. The van der Waals surface area contributed by atoms with Crippen LogP contribution < -0.4 is 16.2 Å². The Morgan fingerprint density at radius 1 is 1.20 bits per heavy atom. The molecule has 0 aliphatic rings. The van der Waals surface area contributed by atoms with Crippen LogP contribution >= 0.6 is 0 Å². The van der Waals surface area contributed by atoms with Crippen molar-refractivity contribution in [3.63, 3.8) is 0 Å². The van der Waals surface area contributed by atoms with E-state index in [1.54, 1.807) is 4.72 Å². The molecule has 0 bridgehead atoms. The van der Waals surface area contributed by atoms with Gasteiger partial charge < -0.3 is 16.9 Å². The molecule has 1 aromatic carbocycles. The fourth-order valence-electron chi connectivity index (χ4n) is 0.838. The average molecular weight is 233 g/mol. The Balaban J connectivity index is 0.00000196. The molecular formula is C7H11N3O4S. The van der Waals surface area contributed by atoms with Gasteiger partial charge in [-0.15, -0.1) is 0 Å². The van der Waals surface area contributed by atoms with Crippen molar-refractivity contribution >= 4 is 21.7 Å². The van der Waals surface area contributed by atoms with Gasteiger partial charge in [0.25, 0.3) is 10.0 Å². The van der Waals surface area contributed by atoms with Crippen molar-refractivity contribution in [3.8, 4) is 0 Å². The summed E-state index contributed by atoms with van der Waals surface area (Å²) in [7, 11) is -3.86. The lowest BCUT2D eigenvalue weighted by Gasteiger charge is -2.03. The van der Waals surface area contributed by atoms with Crippen molar-refractivity contribution < 1.29 is 18.7 Å². The van der Waals surface area contributed by atoms with E-state index in [0.29, 0.717) is 5.69 Å². The van der Waals surface area contributed by atoms with Crippen LogP contribution in [0.25, 0.3) is 0 Å². The van der Waals surface area contributed by atoms with E-state index in [0.717, 1.165) is 0 Å². The van der Waals surface area contributed by atoms with E-state index in [1.807, 2.05) is 0 Å². The maximum absolute atomic E-state index is 11.3. The zero-order chi connectivity index (χ0) is 10.8. The van der Waals surface area contributed by atoms with Gasteiger partial charge in [0.1, 0.15) is 0 Å². The quantitative estimate of drug-likeness (QED) is 0.550. The lowest BCUT2D eigenvalue weighted by atomic mass is 10.3. The molecule has 0 aliphatic heterocycles. The molecule has 0 radical (unpaired) electrons. The van der Waals surface area contributed by atoms with Crippen LogP contribution in [-0.2, 0) is 10.0 Å². The average Bonchev–Trinajstić information content (AvgIpc) is 2.02. The van der Waals surface area contributed by atoms with E-state index in [-0.39, 0.29) is 10.4 Å². The Kier molecular flexibility index (Phi) is 4.07. The molecule has 1 rings (SSSR count).